The molecule has 7 heteroatoms. The predicted molar refractivity (Wildman–Crippen MR) is 97.4 cm³/mol. The van der Waals surface area contributed by atoms with Gasteiger partial charge in [-0.25, -0.2) is 13.1 Å². The van der Waals surface area contributed by atoms with Crippen molar-refractivity contribution in [3.63, 3.8) is 0 Å². The molecule has 1 unspecified atom stereocenters. The van der Waals surface area contributed by atoms with Gasteiger partial charge in [-0.3, -0.25) is 4.79 Å². The number of aryl methyl sites for hydroxylation is 1. The number of nitrogens with two attached hydrogens (primary N) is 1. The Kier molecular flexibility index (Phi) is 6.69. The standard InChI is InChI=1S/C18H23N3O3S/c1-20-25(23,24)16-10-7-14(8-11-16)9-12-18(22)21-13-17(19)15-5-3-2-4-6-15/h2-8,10-11,17,20H,9,12-13,19H2,1H3,(H,21,22). The first-order valence-electron chi connectivity index (χ1n) is 8.02. The van der Waals surface area contributed by atoms with E-state index in [1.807, 2.05) is 30.3 Å². The van der Waals surface area contributed by atoms with Gasteiger partial charge < -0.3 is 11.1 Å². The molecule has 0 heterocycles. The quantitative estimate of drug-likeness (QED) is 0.660. The zero-order chi connectivity index (χ0) is 18.3. The normalized spacial score (nSPS) is 12.6. The van der Waals surface area contributed by atoms with Gasteiger partial charge in [0.25, 0.3) is 0 Å². The van der Waals surface area contributed by atoms with Crippen molar-refractivity contribution in [2.45, 2.75) is 23.8 Å². The maximum Gasteiger partial charge on any atom is 0.240 e. The molecule has 1 atom stereocenters. The van der Waals surface area contributed by atoms with Crippen LogP contribution in [0.15, 0.2) is 59.5 Å². The Morgan fingerprint density at radius 2 is 1.72 bits per heavy atom. The summed E-state index contributed by atoms with van der Waals surface area (Å²) < 4.78 is 25.6. The first-order valence-corrected chi connectivity index (χ1v) is 9.50. The Labute approximate surface area is 148 Å². The molecular formula is C18H23N3O3S. The number of rotatable bonds is 8. The molecule has 2 rings (SSSR count). The zero-order valence-electron chi connectivity index (χ0n) is 14.1. The van der Waals surface area contributed by atoms with Gasteiger partial charge in [0, 0.05) is 19.0 Å². The molecule has 1 amide bonds. The van der Waals surface area contributed by atoms with Crippen molar-refractivity contribution in [2.75, 3.05) is 13.6 Å². The molecule has 0 radical (unpaired) electrons. The summed E-state index contributed by atoms with van der Waals surface area (Å²) in [5.41, 5.74) is 7.92. The third kappa shape index (κ3) is 5.67. The van der Waals surface area contributed by atoms with Crippen molar-refractivity contribution in [3.05, 3.63) is 65.7 Å². The first kappa shape index (κ1) is 19.1. The molecule has 0 aromatic heterocycles. The minimum atomic E-state index is -3.43. The summed E-state index contributed by atoms with van der Waals surface area (Å²) in [6.45, 7) is 0.377. The highest BCUT2D eigenvalue weighted by molar-refractivity contribution is 7.89. The second-order valence-corrected chi connectivity index (χ2v) is 7.56. The summed E-state index contributed by atoms with van der Waals surface area (Å²) >= 11 is 0. The van der Waals surface area contributed by atoms with E-state index in [1.54, 1.807) is 12.1 Å². The second kappa shape index (κ2) is 8.75. The fraction of sp³-hybridized carbons (Fsp3) is 0.278. The summed E-state index contributed by atoms with van der Waals surface area (Å²) in [7, 11) is -2.07. The molecule has 0 aliphatic heterocycles. The predicted octanol–water partition coefficient (Wildman–Crippen LogP) is 1.34. The van der Waals surface area contributed by atoms with Gasteiger partial charge in [0.2, 0.25) is 15.9 Å². The van der Waals surface area contributed by atoms with E-state index in [-0.39, 0.29) is 16.8 Å². The SMILES string of the molecule is CNS(=O)(=O)c1ccc(CCC(=O)NCC(N)c2ccccc2)cc1. The smallest absolute Gasteiger partial charge is 0.240 e. The van der Waals surface area contributed by atoms with Crippen LogP contribution in [0.1, 0.15) is 23.6 Å². The van der Waals surface area contributed by atoms with E-state index in [9.17, 15) is 13.2 Å². The molecule has 2 aromatic carbocycles. The highest BCUT2D eigenvalue weighted by atomic mass is 32.2. The van der Waals surface area contributed by atoms with E-state index in [4.69, 9.17) is 5.73 Å². The molecule has 4 N–H and O–H groups in total. The number of carbonyl (C=O) groups is 1. The Morgan fingerprint density at radius 3 is 2.32 bits per heavy atom. The maximum absolute atomic E-state index is 12.0. The van der Waals surface area contributed by atoms with E-state index < -0.39 is 10.0 Å². The first-order chi connectivity index (χ1) is 11.9. The monoisotopic (exact) mass is 361 g/mol. The summed E-state index contributed by atoms with van der Waals surface area (Å²) in [6.07, 6.45) is 0.853. The lowest BCUT2D eigenvalue weighted by atomic mass is 10.1. The van der Waals surface area contributed by atoms with Crippen LogP contribution in [0, 0.1) is 0 Å². The van der Waals surface area contributed by atoms with Gasteiger partial charge in [0.15, 0.2) is 0 Å². The van der Waals surface area contributed by atoms with Crippen molar-refractivity contribution in [3.8, 4) is 0 Å². The fourth-order valence-electron chi connectivity index (χ4n) is 2.34. The number of benzene rings is 2. The van der Waals surface area contributed by atoms with Crippen LogP contribution in [0.3, 0.4) is 0 Å². The Hall–Kier alpha value is -2.22. The minimum Gasteiger partial charge on any atom is -0.354 e. The number of amides is 1. The van der Waals surface area contributed by atoms with E-state index in [0.717, 1.165) is 11.1 Å². The second-order valence-electron chi connectivity index (χ2n) is 5.67. The lowest BCUT2D eigenvalue weighted by Gasteiger charge is -2.13. The van der Waals surface area contributed by atoms with Gasteiger partial charge in [-0.15, -0.1) is 0 Å². The molecule has 0 aliphatic carbocycles. The van der Waals surface area contributed by atoms with E-state index in [1.165, 1.54) is 19.2 Å². The molecule has 0 aliphatic rings. The molecule has 0 saturated heterocycles. The van der Waals surface area contributed by atoms with Gasteiger partial charge in [0.1, 0.15) is 0 Å². The van der Waals surface area contributed by atoms with Crippen molar-refractivity contribution in [1.29, 1.82) is 0 Å². The minimum absolute atomic E-state index is 0.0849. The van der Waals surface area contributed by atoms with Crippen molar-refractivity contribution < 1.29 is 13.2 Å². The van der Waals surface area contributed by atoms with Gasteiger partial charge in [-0.05, 0) is 36.7 Å². The Morgan fingerprint density at radius 1 is 1.08 bits per heavy atom. The van der Waals surface area contributed by atoms with E-state index >= 15 is 0 Å². The van der Waals surface area contributed by atoms with Crippen LogP contribution in [0.25, 0.3) is 0 Å². The molecule has 0 saturated carbocycles. The van der Waals surface area contributed by atoms with Crippen LogP contribution in [0.5, 0.6) is 0 Å². The number of carbonyl (C=O) groups excluding carboxylic acids is 1. The number of hydrogen-bond donors (Lipinski definition) is 3. The number of sulfonamides is 1. The van der Waals surface area contributed by atoms with Crippen LogP contribution in [0.4, 0.5) is 0 Å². The average Bonchev–Trinajstić information content (AvgIpc) is 2.65. The highest BCUT2D eigenvalue weighted by Crippen LogP contribution is 2.12. The third-order valence-electron chi connectivity index (χ3n) is 3.89. The van der Waals surface area contributed by atoms with Crippen LogP contribution in [-0.4, -0.2) is 27.9 Å². The van der Waals surface area contributed by atoms with E-state index in [0.29, 0.717) is 19.4 Å². The topological polar surface area (TPSA) is 101 Å². The van der Waals surface area contributed by atoms with Crippen LogP contribution in [-0.2, 0) is 21.2 Å². The summed E-state index contributed by atoms with van der Waals surface area (Å²) in [5, 5.41) is 2.83. The molecule has 0 spiro atoms. The summed E-state index contributed by atoms with van der Waals surface area (Å²) in [4.78, 5) is 12.2. The highest BCUT2D eigenvalue weighted by Gasteiger charge is 2.11. The maximum atomic E-state index is 12.0. The molecule has 2 aromatic rings. The van der Waals surface area contributed by atoms with Gasteiger partial charge >= 0.3 is 0 Å². The van der Waals surface area contributed by atoms with Crippen LogP contribution >= 0.6 is 0 Å². The van der Waals surface area contributed by atoms with Crippen molar-refractivity contribution >= 4 is 15.9 Å². The molecule has 0 bridgehead atoms. The zero-order valence-corrected chi connectivity index (χ0v) is 14.9. The van der Waals surface area contributed by atoms with E-state index in [2.05, 4.69) is 10.0 Å². The number of hydrogen-bond acceptors (Lipinski definition) is 4. The fourth-order valence-corrected chi connectivity index (χ4v) is 3.07. The summed E-state index contributed by atoms with van der Waals surface area (Å²) in [5.74, 6) is -0.0849. The Balaban J connectivity index is 1.80. The van der Waals surface area contributed by atoms with Crippen LogP contribution < -0.4 is 15.8 Å². The van der Waals surface area contributed by atoms with Crippen molar-refractivity contribution in [2.24, 2.45) is 5.73 Å². The average molecular weight is 361 g/mol. The molecular weight excluding hydrogens is 338 g/mol. The Bertz CT molecular complexity index is 790. The lowest BCUT2D eigenvalue weighted by molar-refractivity contribution is -0.121. The van der Waals surface area contributed by atoms with Crippen LogP contribution in [0.2, 0.25) is 0 Å². The largest absolute Gasteiger partial charge is 0.354 e. The number of nitrogens with one attached hydrogen (secondary N) is 2. The molecule has 6 nitrogen and oxygen atoms in total. The van der Waals surface area contributed by atoms with Crippen molar-refractivity contribution in [1.82, 2.24) is 10.0 Å². The molecule has 0 fully saturated rings. The van der Waals surface area contributed by atoms with Gasteiger partial charge in [-0.1, -0.05) is 42.5 Å². The van der Waals surface area contributed by atoms with Gasteiger partial charge in [0.05, 0.1) is 4.90 Å². The third-order valence-corrected chi connectivity index (χ3v) is 5.32. The lowest BCUT2D eigenvalue weighted by Crippen LogP contribution is -2.32. The van der Waals surface area contributed by atoms with Gasteiger partial charge in [-0.2, -0.15) is 0 Å². The summed E-state index contributed by atoms with van der Waals surface area (Å²) in [6, 6.07) is 15.9. The molecule has 134 valence electrons. The molecule has 25 heavy (non-hydrogen) atoms.